The molecule has 3 aliphatic carbocycles. The van der Waals surface area contributed by atoms with Crippen molar-refractivity contribution in [2.75, 3.05) is 7.11 Å². The molecule has 0 bridgehead atoms. The van der Waals surface area contributed by atoms with Crippen molar-refractivity contribution in [3.05, 3.63) is 11.3 Å². The molecule has 1 N–H and O–H groups in total. The van der Waals surface area contributed by atoms with Gasteiger partial charge in [-0.15, -0.1) is 0 Å². The van der Waals surface area contributed by atoms with Crippen molar-refractivity contribution in [3.8, 4) is 0 Å². The fraction of sp³-hybridized carbons (Fsp3) is 0.769. The monoisotopic (exact) mass is 222 g/mol. The van der Waals surface area contributed by atoms with Crippen molar-refractivity contribution in [1.29, 1.82) is 0 Å². The predicted molar refractivity (Wildman–Crippen MR) is 58.7 cm³/mol. The molecular weight excluding hydrogens is 204 g/mol. The predicted octanol–water partition coefficient (Wildman–Crippen LogP) is 1.80. The highest BCUT2D eigenvalue weighted by molar-refractivity contribution is 5.98. The first kappa shape index (κ1) is 10.3. The topological polar surface area (TPSA) is 46.5 Å². The van der Waals surface area contributed by atoms with Crippen LogP contribution in [0.3, 0.4) is 0 Å². The molecule has 0 amide bonds. The Bertz CT molecular complexity index is 398. The summed E-state index contributed by atoms with van der Waals surface area (Å²) in [6, 6.07) is 0. The largest absolute Gasteiger partial charge is 0.493 e. The first-order chi connectivity index (χ1) is 7.50. The third-order valence-corrected chi connectivity index (χ3v) is 4.70. The number of ether oxygens (including phenoxy) is 1. The van der Waals surface area contributed by atoms with Crippen molar-refractivity contribution in [2.45, 2.75) is 44.6 Å². The molecule has 0 heterocycles. The summed E-state index contributed by atoms with van der Waals surface area (Å²) >= 11 is 0. The average molecular weight is 222 g/mol. The van der Waals surface area contributed by atoms with Gasteiger partial charge in [-0.25, -0.2) is 0 Å². The number of hydrogen-bond donors (Lipinski definition) is 1. The molecule has 0 spiro atoms. The molecule has 88 valence electrons. The summed E-state index contributed by atoms with van der Waals surface area (Å²) in [4.78, 5) is 11.9. The van der Waals surface area contributed by atoms with Gasteiger partial charge in [0.2, 0.25) is 0 Å². The normalized spacial score (nSPS) is 46.2. The van der Waals surface area contributed by atoms with Gasteiger partial charge >= 0.3 is 0 Å². The van der Waals surface area contributed by atoms with Crippen LogP contribution in [-0.4, -0.2) is 23.6 Å². The molecule has 3 atom stereocenters. The summed E-state index contributed by atoms with van der Waals surface area (Å²) in [7, 11) is 1.57. The average Bonchev–Trinajstić information content (AvgIpc) is 2.69. The van der Waals surface area contributed by atoms with Crippen LogP contribution in [0.2, 0.25) is 0 Å². The number of aliphatic hydroxyl groups is 1. The van der Waals surface area contributed by atoms with E-state index in [2.05, 4.69) is 6.92 Å². The minimum atomic E-state index is -0.561. The molecule has 0 unspecified atom stereocenters. The van der Waals surface area contributed by atoms with Gasteiger partial charge in [0.25, 0.3) is 0 Å². The Morgan fingerprint density at radius 3 is 2.94 bits per heavy atom. The summed E-state index contributed by atoms with van der Waals surface area (Å²) < 4.78 is 5.27. The zero-order chi connectivity index (χ0) is 11.6. The highest BCUT2D eigenvalue weighted by Gasteiger charge is 2.61. The van der Waals surface area contributed by atoms with Gasteiger partial charge in [-0.05, 0) is 31.3 Å². The summed E-state index contributed by atoms with van der Waals surface area (Å²) in [5, 5.41) is 10.6. The Morgan fingerprint density at radius 2 is 2.25 bits per heavy atom. The molecule has 0 aliphatic heterocycles. The third-order valence-electron chi connectivity index (χ3n) is 4.70. The first-order valence-corrected chi connectivity index (χ1v) is 6.04. The van der Waals surface area contributed by atoms with Gasteiger partial charge in [0.1, 0.15) is 0 Å². The number of carbonyl (C=O) groups is 1. The van der Waals surface area contributed by atoms with E-state index >= 15 is 0 Å². The highest BCUT2D eigenvalue weighted by Crippen LogP contribution is 2.63. The van der Waals surface area contributed by atoms with Gasteiger partial charge in [-0.3, -0.25) is 4.79 Å². The van der Waals surface area contributed by atoms with Crippen LogP contribution in [-0.2, 0) is 9.53 Å². The van der Waals surface area contributed by atoms with Gasteiger partial charge in [-0.1, -0.05) is 6.92 Å². The van der Waals surface area contributed by atoms with Gasteiger partial charge in [0.15, 0.2) is 11.5 Å². The van der Waals surface area contributed by atoms with E-state index in [4.69, 9.17) is 4.74 Å². The molecule has 0 saturated heterocycles. The van der Waals surface area contributed by atoms with Crippen LogP contribution in [0.15, 0.2) is 11.3 Å². The van der Waals surface area contributed by atoms with Crippen LogP contribution in [0, 0.1) is 11.3 Å². The number of hydrogen-bond acceptors (Lipinski definition) is 3. The molecule has 2 fully saturated rings. The number of rotatable bonds is 1. The van der Waals surface area contributed by atoms with E-state index in [9.17, 15) is 9.90 Å². The van der Waals surface area contributed by atoms with Crippen LogP contribution in [0.5, 0.6) is 0 Å². The van der Waals surface area contributed by atoms with E-state index in [0.717, 1.165) is 31.3 Å². The SMILES string of the molecule is COC1=C2[C@H]3CCC[C@@]3(O)C[C@]2(C)CC1=O. The Hall–Kier alpha value is -0.830. The second-order valence-electron chi connectivity index (χ2n) is 5.83. The van der Waals surface area contributed by atoms with Gasteiger partial charge < -0.3 is 9.84 Å². The van der Waals surface area contributed by atoms with Crippen LogP contribution in [0.25, 0.3) is 0 Å². The number of fused-ring (bicyclic) bond motifs is 3. The van der Waals surface area contributed by atoms with Crippen LogP contribution in [0.1, 0.15) is 39.0 Å². The number of ketones is 1. The van der Waals surface area contributed by atoms with Crippen molar-refractivity contribution in [2.24, 2.45) is 11.3 Å². The minimum absolute atomic E-state index is 0.119. The van der Waals surface area contributed by atoms with Crippen molar-refractivity contribution >= 4 is 5.78 Å². The molecule has 0 aromatic rings. The second kappa shape index (κ2) is 2.89. The van der Waals surface area contributed by atoms with Crippen LogP contribution in [0.4, 0.5) is 0 Å². The molecule has 2 saturated carbocycles. The number of methoxy groups -OCH3 is 1. The molecular formula is C13H18O3. The number of carbonyl (C=O) groups excluding carboxylic acids is 1. The van der Waals surface area contributed by atoms with E-state index in [-0.39, 0.29) is 17.1 Å². The molecule has 0 aromatic heterocycles. The second-order valence-corrected chi connectivity index (χ2v) is 5.83. The number of Topliss-reactive ketones (excluding diaryl/α,β-unsaturated/α-hetero) is 1. The summed E-state index contributed by atoms with van der Waals surface area (Å²) in [5.74, 6) is 0.832. The van der Waals surface area contributed by atoms with Crippen molar-refractivity contribution in [1.82, 2.24) is 0 Å². The lowest BCUT2D eigenvalue weighted by Gasteiger charge is -2.24. The maximum atomic E-state index is 11.9. The van der Waals surface area contributed by atoms with E-state index in [1.165, 1.54) is 0 Å². The Labute approximate surface area is 95.5 Å². The zero-order valence-corrected chi connectivity index (χ0v) is 9.88. The fourth-order valence-electron chi connectivity index (χ4n) is 4.27. The number of allylic oxidation sites excluding steroid dienone is 1. The maximum Gasteiger partial charge on any atom is 0.198 e. The minimum Gasteiger partial charge on any atom is -0.493 e. The zero-order valence-electron chi connectivity index (χ0n) is 9.88. The van der Waals surface area contributed by atoms with Crippen LogP contribution >= 0.6 is 0 Å². The smallest absolute Gasteiger partial charge is 0.198 e. The summed E-state index contributed by atoms with van der Waals surface area (Å²) in [6.07, 6.45) is 4.19. The van der Waals surface area contributed by atoms with Crippen LogP contribution < -0.4 is 0 Å². The lowest BCUT2D eigenvalue weighted by atomic mass is 9.82. The molecule has 3 rings (SSSR count). The Balaban J connectivity index is 2.14. The highest BCUT2D eigenvalue weighted by atomic mass is 16.5. The molecule has 3 nitrogen and oxygen atoms in total. The van der Waals surface area contributed by atoms with E-state index in [1.54, 1.807) is 7.11 Å². The third kappa shape index (κ3) is 1.05. The van der Waals surface area contributed by atoms with Gasteiger partial charge in [0.05, 0.1) is 12.7 Å². The van der Waals surface area contributed by atoms with Crippen molar-refractivity contribution in [3.63, 3.8) is 0 Å². The molecule has 0 aromatic carbocycles. The molecule has 3 heteroatoms. The van der Waals surface area contributed by atoms with Crippen molar-refractivity contribution < 1.29 is 14.6 Å². The Kier molecular flexibility index (Phi) is 1.87. The lowest BCUT2D eigenvalue weighted by molar-refractivity contribution is -0.119. The first-order valence-electron chi connectivity index (χ1n) is 6.04. The standard InChI is InChI=1S/C13H18O3/c1-12-6-9(14)11(16-2)10(12)8-4-3-5-13(8,15)7-12/h8,15H,3-7H2,1-2H3/t8-,12+,13-/m1/s1. The van der Waals surface area contributed by atoms with E-state index in [0.29, 0.717) is 12.2 Å². The molecule has 0 radical (unpaired) electrons. The molecule has 3 aliphatic rings. The fourth-order valence-corrected chi connectivity index (χ4v) is 4.27. The molecule has 16 heavy (non-hydrogen) atoms. The lowest BCUT2D eigenvalue weighted by Crippen LogP contribution is -2.29. The van der Waals surface area contributed by atoms with E-state index < -0.39 is 5.60 Å². The summed E-state index contributed by atoms with van der Waals surface area (Å²) in [5.41, 5.74) is 0.414. The van der Waals surface area contributed by atoms with E-state index in [1.807, 2.05) is 0 Å². The van der Waals surface area contributed by atoms with Gasteiger partial charge in [0, 0.05) is 17.8 Å². The maximum absolute atomic E-state index is 11.9. The van der Waals surface area contributed by atoms with Gasteiger partial charge in [-0.2, -0.15) is 0 Å². The quantitative estimate of drug-likeness (QED) is 0.736. The Morgan fingerprint density at radius 1 is 1.50 bits per heavy atom. The summed E-state index contributed by atoms with van der Waals surface area (Å²) in [6.45, 7) is 2.10.